The SMILES string of the molecule is CSC(=O)NOC(CC(C)(C)C)C(C)(C)C. The second kappa shape index (κ2) is 5.92. The lowest BCUT2D eigenvalue weighted by Gasteiger charge is -2.34. The zero-order chi connectivity index (χ0) is 13.0. The smallest absolute Gasteiger partial charge is 0.269 e. The quantitative estimate of drug-likeness (QED) is 0.770. The van der Waals surface area contributed by atoms with Crippen LogP contribution in [0.3, 0.4) is 0 Å². The maximum absolute atomic E-state index is 11.1. The van der Waals surface area contributed by atoms with Gasteiger partial charge in [0.05, 0.1) is 6.10 Å². The largest absolute Gasteiger partial charge is 0.302 e. The van der Waals surface area contributed by atoms with Crippen molar-refractivity contribution in [2.75, 3.05) is 6.26 Å². The molecule has 1 amide bonds. The van der Waals surface area contributed by atoms with Crippen molar-refractivity contribution in [1.29, 1.82) is 0 Å². The molecule has 0 saturated carbocycles. The van der Waals surface area contributed by atoms with E-state index >= 15 is 0 Å². The van der Waals surface area contributed by atoms with Gasteiger partial charge in [0, 0.05) is 0 Å². The van der Waals surface area contributed by atoms with Gasteiger partial charge in [-0.15, -0.1) is 0 Å². The zero-order valence-electron chi connectivity index (χ0n) is 11.5. The molecule has 1 N–H and O–H groups in total. The summed E-state index contributed by atoms with van der Waals surface area (Å²) in [6.07, 6.45) is 2.66. The lowest BCUT2D eigenvalue weighted by Crippen LogP contribution is -2.38. The number of thioether (sulfide) groups is 1. The molecule has 16 heavy (non-hydrogen) atoms. The Labute approximate surface area is 104 Å². The summed E-state index contributed by atoms with van der Waals surface area (Å²) in [6, 6.07) is 0. The molecule has 0 saturated heterocycles. The van der Waals surface area contributed by atoms with Gasteiger partial charge >= 0.3 is 5.24 Å². The molecule has 1 atom stereocenters. The van der Waals surface area contributed by atoms with Gasteiger partial charge in [-0.25, -0.2) is 5.48 Å². The summed E-state index contributed by atoms with van der Waals surface area (Å²) < 4.78 is 0. The van der Waals surface area contributed by atoms with E-state index in [9.17, 15) is 4.79 Å². The van der Waals surface area contributed by atoms with Gasteiger partial charge in [-0.3, -0.25) is 9.63 Å². The van der Waals surface area contributed by atoms with Crippen molar-refractivity contribution >= 4 is 17.0 Å². The molecule has 4 heteroatoms. The number of hydroxylamine groups is 1. The van der Waals surface area contributed by atoms with Crippen LogP contribution in [0, 0.1) is 10.8 Å². The first-order valence-corrected chi connectivity index (χ1v) is 6.78. The number of rotatable bonds is 3. The van der Waals surface area contributed by atoms with Crippen molar-refractivity contribution in [2.45, 2.75) is 54.1 Å². The summed E-state index contributed by atoms with van der Waals surface area (Å²) in [4.78, 5) is 16.7. The third-order valence-electron chi connectivity index (χ3n) is 2.23. The number of carbonyl (C=O) groups is 1. The van der Waals surface area contributed by atoms with E-state index in [0.29, 0.717) is 0 Å². The van der Waals surface area contributed by atoms with Crippen LogP contribution in [0.25, 0.3) is 0 Å². The Balaban J connectivity index is 4.40. The number of hydrogen-bond acceptors (Lipinski definition) is 3. The second-order valence-electron chi connectivity index (χ2n) is 6.33. The van der Waals surface area contributed by atoms with Crippen LogP contribution in [0.1, 0.15) is 48.0 Å². The number of amides is 1. The first-order chi connectivity index (χ1) is 7.06. The molecule has 0 aromatic carbocycles. The van der Waals surface area contributed by atoms with Crippen LogP contribution in [0.15, 0.2) is 0 Å². The summed E-state index contributed by atoms with van der Waals surface area (Å²) >= 11 is 1.12. The third kappa shape index (κ3) is 7.12. The molecule has 3 nitrogen and oxygen atoms in total. The van der Waals surface area contributed by atoms with Gasteiger partial charge < -0.3 is 0 Å². The highest BCUT2D eigenvalue weighted by Crippen LogP contribution is 2.32. The first kappa shape index (κ1) is 15.8. The Hall–Kier alpha value is -0.220. The van der Waals surface area contributed by atoms with Crippen LogP contribution >= 0.6 is 11.8 Å². The maximum Gasteiger partial charge on any atom is 0.302 e. The van der Waals surface area contributed by atoms with E-state index in [-0.39, 0.29) is 22.2 Å². The van der Waals surface area contributed by atoms with E-state index in [1.165, 1.54) is 0 Å². The Bertz CT molecular complexity index is 228. The molecule has 0 rings (SSSR count). The summed E-state index contributed by atoms with van der Waals surface area (Å²) in [5, 5.41) is -0.150. The lowest BCUT2D eigenvalue weighted by molar-refractivity contribution is -0.0749. The first-order valence-electron chi connectivity index (χ1n) is 5.56. The average molecular weight is 247 g/mol. The van der Waals surface area contributed by atoms with Crippen molar-refractivity contribution in [2.24, 2.45) is 10.8 Å². The molecule has 0 aliphatic carbocycles. The standard InChI is InChI=1S/C12H25NO2S/c1-11(2,3)8-9(12(4,5)6)15-13-10(14)16-7/h9H,8H2,1-7H3,(H,13,14). The summed E-state index contributed by atoms with van der Waals surface area (Å²) in [5.41, 5.74) is 2.68. The van der Waals surface area contributed by atoms with Crippen molar-refractivity contribution < 1.29 is 9.63 Å². The van der Waals surface area contributed by atoms with Crippen molar-refractivity contribution in [1.82, 2.24) is 5.48 Å². The average Bonchev–Trinajstić information content (AvgIpc) is 2.08. The minimum Gasteiger partial charge on any atom is -0.269 e. The normalized spacial score (nSPS) is 14.7. The molecule has 0 spiro atoms. The van der Waals surface area contributed by atoms with Crippen LogP contribution in [-0.4, -0.2) is 17.6 Å². The van der Waals surface area contributed by atoms with Gasteiger partial charge in [0.2, 0.25) is 0 Å². The van der Waals surface area contributed by atoms with Crippen LogP contribution < -0.4 is 5.48 Å². The fourth-order valence-electron chi connectivity index (χ4n) is 1.24. The van der Waals surface area contributed by atoms with E-state index in [2.05, 4.69) is 47.0 Å². The highest BCUT2D eigenvalue weighted by atomic mass is 32.2. The summed E-state index contributed by atoms with van der Waals surface area (Å²) in [7, 11) is 0. The Morgan fingerprint density at radius 3 is 2.06 bits per heavy atom. The molecule has 0 aliphatic heterocycles. The fourth-order valence-corrected chi connectivity index (χ4v) is 1.37. The molecular weight excluding hydrogens is 222 g/mol. The highest BCUT2D eigenvalue weighted by Gasteiger charge is 2.30. The van der Waals surface area contributed by atoms with Gasteiger partial charge in [0.25, 0.3) is 0 Å². The van der Waals surface area contributed by atoms with Crippen molar-refractivity contribution in [3.63, 3.8) is 0 Å². The van der Waals surface area contributed by atoms with E-state index in [0.717, 1.165) is 18.2 Å². The fraction of sp³-hybridized carbons (Fsp3) is 0.917. The van der Waals surface area contributed by atoms with Crippen molar-refractivity contribution in [3.8, 4) is 0 Å². The van der Waals surface area contributed by atoms with Crippen LogP contribution in [0.2, 0.25) is 0 Å². The molecule has 0 aromatic heterocycles. The summed E-state index contributed by atoms with van der Waals surface area (Å²) in [5.74, 6) is 0. The molecule has 0 heterocycles. The number of nitrogens with one attached hydrogen (secondary N) is 1. The van der Waals surface area contributed by atoms with Gasteiger partial charge in [-0.05, 0) is 23.5 Å². The van der Waals surface area contributed by atoms with E-state index in [1.54, 1.807) is 6.26 Å². The lowest BCUT2D eigenvalue weighted by atomic mass is 9.79. The topological polar surface area (TPSA) is 38.3 Å². The highest BCUT2D eigenvalue weighted by molar-refractivity contribution is 8.12. The predicted molar refractivity (Wildman–Crippen MR) is 70.4 cm³/mol. The maximum atomic E-state index is 11.1. The van der Waals surface area contributed by atoms with Crippen LogP contribution in [-0.2, 0) is 4.84 Å². The van der Waals surface area contributed by atoms with E-state index in [4.69, 9.17) is 4.84 Å². The van der Waals surface area contributed by atoms with Crippen LogP contribution in [0.4, 0.5) is 4.79 Å². The molecular formula is C12H25NO2S. The minimum atomic E-state index is -0.150. The van der Waals surface area contributed by atoms with Gasteiger partial charge in [0.15, 0.2) is 0 Å². The Morgan fingerprint density at radius 1 is 1.25 bits per heavy atom. The third-order valence-corrected chi connectivity index (χ3v) is 2.69. The van der Waals surface area contributed by atoms with Gasteiger partial charge in [-0.1, -0.05) is 53.3 Å². The molecule has 96 valence electrons. The summed E-state index contributed by atoms with van der Waals surface area (Å²) in [6.45, 7) is 12.9. The number of carbonyl (C=O) groups excluding carboxylic acids is 1. The molecule has 0 fully saturated rings. The van der Waals surface area contributed by atoms with E-state index < -0.39 is 0 Å². The molecule has 1 unspecified atom stereocenters. The van der Waals surface area contributed by atoms with Gasteiger partial charge in [0.1, 0.15) is 0 Å². The Morgan fingerprint density at radius 2 is 1.75 bits per heavy atom. The van der Waals surface area contributed by atoms with Crippen molar-refractivity contribution in [3.05, 3.63) is 0 Å². The van der Waals surface area contributed by atoms with Crippen LogP contribution in [0.5, 0.6) is 0 Å². The molecule has 0 aliphatic rings. The molecule has 0 bridgehead atoms. The monoisotopic (exact) mass is 247 g/mol. The molecule has 0 radical (unpaired) electrons. The van der Waals surface area contributed by atoms with E-state index in [1.807, 2.05) is 0 Å². The zero-order valence-corrected chi connectivity index (χ0v) is 12.3. The second-order valence-corrected chi connectivity index (χ2v) is 7.11. The minimum absolute atomic E-state index is 0.0129. The Kier molecular flexibility index (Phi) is 5.84. The van der Waals surface area contributed by atoms with Gasteiger partial charge in [-0.2, -0.15) is 0 Å². The predicted octanol–water partition coefficient (Wildman–Crippen LogP) is 3.84. The number of hydrogen-bond donors (Lipinski definition) is 1. The molecule has 0 aromatic rings.